The number of carbonyl (C=O) groups excluding carboxylic acids is 1. The minimum absolute atomic E-state index is 0.597. The van der Waals surface area contributed by atoms with E-state index in [1.165, 1.54) is 6.26 Å². The number of ether oxygens (including phenoxy) is 1. The topological polar surface area (TPSA) is 26.3 Å². The molecule has 0 aliphatic carbocycles. The van der Waals surface area contributed by atoms with Crippen LogP contribution < -0.4 is 4.74 Å². The fourth-order valence-corrected chi connectivity index (χ4v) is 1.47. The predicted molar refractivity (Wildman–Crippen MR) is 49.9 cm³/mol. The molecule has 0 amide bonds. The lowest BCUT2D eigenvalue weighted by atomic mass is 10.0. The number of benzene rings is 1. The molecule has 0 spiro atoms. The molecule has 0 N–H and O–H groups in total. The summed E-state index contributed by atoms with van der Waals surface area (Å²) in [4.78, 5) is 10.5. The molecule has 66 valence electrons. The summed E-state index contributed by atoms with van der Waals surface area (Å²) in [5, 5.41) is 0.662. The van der Waals surface area contributed by atoms with Crippen molar-refractivity contribution < 1.29 is 9.53 Å². The molecule has 0 atom stereocenters. The van der Waals surface area contributed by atoms with E-state index in [1.807, 2.05) is 6.07 Å². The van der Waals surface area contributed by atoms with Crippen LogP contribution in [0.15, 0.2) is 30.0 Å². The number of halogens is 1. The largest absolute Gasteiger partial charge is 0.464 e. The van der Waals surface area contributed by atoms with E-state index in [0.29, 0.717) is 17.0 Å². The SMILES string of the molecule is O=CC1=COc2ccc(Cl)cc2C1. The molecule has 3 heteroatoms. The maximum absolute atomic E-state index is 10.5. The highest BCUT2D eigenvalue weighted by molar-refractivity contribution is 6.30. The summed E-state index contributed by atoms with van der Waals surface area (Å²) in [6, 6.07) is 5.38. The van der Waals surface area contributed by atoms with E-state index in [2.05, 4.69) is 0 Å². The van der Waals surface area contributed by atoms with Gasteiger partial charge in [0.2, 0.25) is 0 Å². The van der Waals surface area contributed by atoms with Gasteiger partial charge in [0.05, 0.1) is 6.26 Å². The Morgan fingerprint density at radius 3 is 3.08 bits per heavy atom. The minimum Gasteiger partial charge on any atom is -0.464 e. The van der Waals surface area contributed by atoms with Crippen molar-refractivity contribution >= 4 is 17.9 Å². The summed E-state index contributed by atoms with van der Waals surface area (Å²) >= 11 is 5.80. The highest BCUT2D eigenvalue weighted by Crippen LogP contribution is 2.28. The molecule has 0 saturated carbocycles. The monoisotopic (exact) mass is 194 g/mol. The van der Waals surface area contributed by atoms with Gasteiger partial charge in [-0.05, 0) is 18.2 Å². The number of rotatable bonds is 1. The molecule has 2 rings (SSSR count). The van der Waals surface area contributed by atoms with Crippen molar-refractivity contribution in [3.63, 3.8) is 0 Å². The Morgan fingerprint density at radius 1 is 1.46 bits per heavy atom. The van der Waals surface area contributed by atoms with Crippen molar-refractivity contribution in [3.8, 4) is 5.75 Å². The Labute approximate surface area is 80.8 Å². The van der Waals surface area contributed by atoms with Gasteiger partial charge in [-0.1, -0.05) is 11.6 Å². The quantitative estimate of drug-likeness (QED) is 0.642. The van der Waals surface area contributed by atoms with E-state index in [9.17, 15) is 4.79 Å². The van der Waals surface area contributed by atoms with Gasteiger partial charge in [0.15, 0.2) is 0 Å². The first-order chi connectivity index (χ1) is 6.29. The number of hydrogen-bond donors (Lipinski definition) is 0. The van der Waals surface area contributed by atoms with Crippen molar-refractivity contribution in [2.24, 2.45) is 0 Å². The standard InChI is InChI=1S/C10H7ClO2/c11-9-1-2-10-8(4-9)3-7(5-12)6-13-10/h1-2,4-6H,3H2. The lowest BCUT2D eigenvalue weighted by Crippen LogP contribution is -2.03. The van der Waals surface area contributed by atoms with Crippen molar-refractivity contribution in [3.05, 3.63) is 40.6 Å². The van der Waals surface area contributed by atoms with Crippen molar-refractivity contribution in [1.82, 2.24) is 0 Å². The molecule has 1 aliphatic heterocycles. The van der Waals surface area contributed by atoms with Crippen LogP contribution >= 0.6 is 11.6 Å². The zero-order valence-corrected chi connectivity index (χ0v) is 7.54. The summed E-state index contributed by atoms with van der Waals surface area (Å²) in [7, 11) is 0. The molecule has 0 saturated heterocycles. The summed E-state index contributed by atoms with van der Waals surface area (Å²) in [5.74, 6) is 0.773. The minimum atomic E-state index is 0.597. The van der Waals surface area contributed by atoms with Gasteiger partial charge in [-0.15, -0.1) is 0 Å². The highest BCUT2D eigenvalue weighted by Gasteiger charge is 2.11. The summed E-state index contributed by atoms with van der Waals surface area (Å²) in [5.41, 5.74) is 1.59. The fraction of sp³-hybridized carbons (Fsp3) is 0.100. The second-order valence-corrected chi connectivity index (χ2v) is 3.29. The number of carbonyl (C=O) groups is 1. The van der Waals surface area contributed by atoms with E-state index >= 15 is 0 Å². The number of aldehydes is 1. The third-order valence-corrected chi connectivity index (χ3v) is 2.14. The van der Waals surface area contributed by atoms with Crippen LogP contribution in [0.5, 0.6) is 5.75 Å². The Balaban J connectivity index is 2.39. The van der Waals surface area contributed by atoms with E-state index in [0.717, 1.165) is 17.6 Å². The summed E-state index contributed by atoms with van der Waals surface area (Å²) in [6.07, 6.45) is 2.87. The van der Waals surface area contributed by atoms with Crippen LogP contribution in [0.3, 0.4) is 0 Å². The molecule has 0 radical (unpaired) electrons. The second kappa shape index (κ2) is 3.23. The zero-order valence-electron chi connectivity index (χ0n) is 6.79. The van der Waals surface area contributed by atoms with Gasteiger partial charge in [-0.25, -0.2) is 0 Å². The molecule has 1 aliphatic rings. The van der Waals surface area contributed by atoms with Gasteiger partial charge in [0, 0.05) is 22.6 Å². The molecule has 1 aromatic carbocycles. The number of fused-ring (bicyclic) bond motifs is 1. The molecular weight excluding hydrogens is 188 g/mol. The molecule has 1 aromatic rings. The molecule has 0 aromatic heterocycles. The van der Waals surface area contributed by atoms with Crippen LogP contribution in [0.4, 0.5) is 0 Å². The van der Waals surface area contributed by atoms with Gasteiger partial charge >= 0.3 is 0 Å². The summed E-state index contributed by atoms with van der Waals surface area (Å²) < 4.78 is 5.23. The lowest BCUT2D eigenvalue weighted by Gasteiger charge is -2.13. The molecule has 1 heterocycles. The van der Waals surface area contributed by atoms with Gasteiger partial charge in [-0.2, -0.15) is 0 Å². The van der Waals surface area contributed by atoms with Gasteiger partial charge < -0.3 is 4.74 Å². The second-order valence-electron chi connectivity index (χ2n) is 2.86. The van der Waals surface area contributed by atoms with Crippen molar-refractivity contribution in [2.75, 3.05) is 0 Å². The van der Waals surface area contributed by atoms with Gasteiger partial charge in [0.1, 0.15) is 12.0 Å². The smallest absolute Gasteiger partial charge is 0.149 e. The van der Waals surface area contributed by atoms with Crippen molar-refractivity contribution in [1.29, 1.82) is 0 Å². The normalized spacial score (nSPS) is 14.1. The first kappa shape index (κ1) is 8.32. The first-order valence-corrected chi connectivity index (χ1v) is 4.26. The molecule has 2 nitrogen and oxygen atoms in total. The number of hydrogen-bond acceptors (Lipinski definition) is 2. The van der Waals surface area contributed by atoms with Gasteiger partial charge in [-0.3, -0.25) is 4.79 Å². The third kappa shape index (κ3) is 1.58. The lowest BCUT2D eigenvalue weighted by molar-refractivity contribution is -0.105. The molecular formula is C10H7ClO2. The van der Waals surface area contributed by atoms with Crippen LogP contribution in [0.1, 0.15) is 5.56 Å². The van der Waals surface area contributed by atoms with E-state index < -0.39 is 0 Å². The first-order valence-electron chi connectivity index (χ1n) is 3.89. The zero-order chi connectivity index (χ0) is 9.26. The fourth-order valence-electron chi connectivity index (χ4n) is 1.27. The Bertz CT molecular complexity index is 383. The number of allylic oxidation sites excluding steroid dienone is 1. The average Bonchev–Trinajstić information content (AvgIpc) is 2.16. The van der Waals surface area contributed by atoms with Crippen LogP contribution in [0, 0.1) is 0 Å². The van der Waals surface area contributed by atoms with Crippen LogP contribution in [-0.4, -0.2) is 6.29 Å². The summed E-state index contributed by atoms with van der Waals surface area (Å²) in [6.45, 7) is 0. The molecule has 13 heavy (non-hydrogen) atoms. The Hall–Kier alpha value is -1.28. The molecule has 0 fully saturated rings. The van der Waals surface area contributed by atoms with E-state index in [1.54, 1.807) is 12.1 Å². The predicted octanol–water partition coefficient (Wildman–Crippen LogP) is 2.36. The third-order valence-electron chi connectivity index (χ3n) is 1.91. The average molecular weight is 195 g/mol. The Kier molecular flexibility index (Phi) is 2.07. The maximum atomic E-state index is 10.5. The van der Waals surface area contributed by atoms with Crippen LogP contribution in [-0.2, 0) is 11.2 Å². The maximum Gasteiger partial charge on any atom is 0.149 e. The highest BCUT2D eigenvalue weighted by atomic mass is 35.5. The van der Waals surface area contributed by atoms with Crippen LogP contribution in [0.2, 0.25) is 5.02 Å². The van der Waals surface area contributed by atoms with Crippen molar-refractivity contribution in [2.45, 2.75) is 6.42 Å². The Morgan fingerprint density at radius 2 is 2.31 bits per heavy atom. The van der Waals surface area contributed by atoms with Gasteiger partial charge in [0.25, 0.3) is 0 Å². The molecule has 0 unspecified atom stereocenters. The molecule has 0 bridgehead atoms. The van der Waals surface area contributed by atoms with Crippen LogP contribution in [0.25, 0.3) is 0 Å². The van der Waals surface area contributed by atoms with E-state index in [4.69, 9.17) is 16.3 Å². The van der Waals surface area contributed by atoms with E-state index in [-0.39, 0.29) is 0 Å².